The van der Waals surface area contributed by atoms with Gasteiger partial charge in [0.1, 0.15) is 22.2 Å². The highest BCUT2D eigenvalue weighted by Gasteiger charge is 2.19. The summed E-state index contributed by atoms with van der Waals surface area (Å²) >= 11 is 0. The molecule has 0 spiro atoms. The predicted molar refractivity (Wildman–Crippen MR) is 225 cm³/mol. The summed E-state index contributed by atoms with van der Waals surface area (Å²) < 4.78 is 96.1. The van der Waals surface area contributed by atoms with Crippen LogP contribution in [0.5, 0.6) is 0 Å². The molecule has 6 heterocycles. The Balaban J connectivity index is 0.909. The van der Waals surface area contributed by atoms with Crippen molar-refractivity contribution >= 4 is 44.1 Å². The normalized spacial score (nSPS) is 11.7. The van der Waals surface area contributed by atoms with Crippen LogP contribution in [0.15, 0.2) is 155 Å². The molecule has 11 aromatic rings. The number of nitrogens with zero attached hydrogens (tertiary/aromatic N) is 4. The minimum atomic E-state index is -1.52. The van der Waals surface area contributed by atoms with E-state index in [0.29, 0.717) is 55.9 Å². The van der Waals surface area contributed by atoms with Gasteiger partial charge in [-0.2, -0.15) is 0 Å². The molecule has 0 amide bonds. The van der Waals surface area contributed by atoms with E-state index in [1.807, 2.05) is 72.8 Å². The molecule has 0 saturated carbocycles. The van der Waals surface area contributed by atoms with Gasteiger partial charge in [0.2, 0.25) is 0 Å². The fraction of sp³-hybridized carbons (Fsp3) is 0. The van der Waals surface area contributed by atoms with Crippen molar-refractivity contribution in [2.45, 2.75) is 0 Å². The minimum Gasteiger partial charge on any atom is -0.454 e. The van der Waals surface area contributed by atoms with Gasteiger partial charge in [0.15, 0.2) is 46.1 Å². The topological polar surface area (TPSA) is 77.8 Å². The summed E-state index contributed by atoms with van der Waals surface area (Å²) in [5.41, 5.74) is 10.9. The van der Waals surface area contributed by atoms with Crippen LogP contribution in [0.3, 0.4) is 0 Å². The molecule has 0 atom stereocenters. The van der Waals surface area contributed by atoms with Crippen LogP contribution >= 0.6 is 0 Å². The lowest BCUT2D eigenvalue weighted by molar-refractivity contribution is 0.447. The second kappa shape index (κ2) is 14.3. The third kappa shape index (κ3) is 6.14. The number of pyridine rings is 4. The summed E-state index contributed by atoms with van der Waals surface area (Å²) in [6, 6.07) is 33.2. The SMILES string of the molecule is Fc1cc(-c2ccnc(-c3ccc4oc5c(-c6ccc(-c7ccnc8c7oc7ccc(-c9cc(-c%10cc(F)c(F)c(F)c%10)ccn9)cc78)cc6)ccnc5c4c3)c2)cc(F)c1F. The molecule has 0 aliphatic rings. The Morgan fingerprint density at radius 3 is 1.10 bits per heavy atom. The third-order valence-corrected chi connectivity index (χ3v) is 11.0. The van der Waals surface area contributed by atoms with E-state index in [0.717, 1.165) is 68.4 Å². The Bertz CT molecular complexity index is 3340. The maximum absolute atomic E-state index is 14.0. The van der Waals surface area contributed by atoms with E-state index >= 15 is 0 Å². The molecule has 6 aromatic heterocycles. The molecule has 0 radical (unpaired) electrons. The van der Waals surface area contributed by atoms with Crippen molar-refractivity contribution in [2.24, 2.45) is 0 Å². The molecule has 11 rings (SSSR count). The first-order valence-electron chi connectivity index (χ1n) is 19.1. The molecule has 298 valence electrons. The van der Waals surface area contributed by atoms with Gasteiger partial charge in [0.05, 0.1) is 11.4 Å². The fourth-order valence-corrected chi connectivity index (χ4v) is 7.90. The van der Waals surface area contributed by atoms with E-state index in [1.165, 1.54) is 12.4 Å². The Labute approximate surface area is 346 Å². The quantitative estimate of drug-likeness (QED) is 0.123. The van der Waals surface area contributed by atoms with E-state index < -0.39 is 34.9 Å². The largest absolute Gasteiger partial charge is 0.454 e. The number of hydrogen-bond acceptors (Lipinski definition) is 6. The van der Waals surface area contributed by atoms with E-state index in [9.17, 15) is 26.3 Å². The first-order valence-corrected chi connectivity index (χ1v) is 19.1. The van der Waals surface area contributed by atoms with Crippen molar-refractivity contribution in [1.82, 2.24) is 19.9 Å². The minimum absolute atomic E-state index is 0.181. The van der Waals surface area contributed by atoms with Gasteiger partial charge in [-0.05, 0) is 130 Å². The Kier molecular flexibility index (Phi) is 8.50. The zero-order chi connectivity index (χ0) is 42.2. The Hall–Kier alpha value is -8.12. The number of rotatable bonds is 6. The fourth-order valence-electron chi connectivity index (χ4n) is 7.90. The average Bonchev–Trinajstić information content (AvgIpc) is 3.88. The van der Waals surface area contributed by atoms with E-state index in [2.05, 4.69) is 19.9 Å². The third-order valence-electron chi connectivity index (χ3n) is 11.0. The number of benzene rings is 5. The summed E-state index contributed by atoms with van der Waals surface area (Å²) in [6.07, 6.45) is 6.48. The van der Waals surface area contributed by atoms with Gasteiger partial charge < -0.3 is 8.83 Å². The zero-order valence-electron chi connectivity index (χ0n) is 31.7. The summed E-state index contributed by atoms with van der Waals surface area (Å²) in [5, 5.41) is 1.49. The molecule has 62 heavy (non-hydrogen) atoms. The van der Waals surface area contributed by atoms with E-state index in [-0.39, 0.29) is 11.1 Å². The highest BCUT2D eigenvalue weighted by Crippen LogP contribution is 2.40. The van der Waals surface area contributed by atoms with Crippen molar-refractivity contribution in [3.63, 3.8) is 0 Å². The average molecular weight is 827 g/mol. The molecular weight excluding hydrogens is 803 g/mol. The lowest BCUT2D eigenvalue weighted by Gasteiger charge is -2.07. The van der Waals surface area contributed by atoms with Gasteiger partial charge in [-0.15, -0.1) is 0 Å². The van der Waals surface area contributed by atoms with Crippen molar-refractivity contribution < 1.29 is 35.2 Å². The van der Waals surface area contributed by atoms with Crippen molar-refractivity contribution in [3.05, 3.63) is 181 Å². The zero-order valence-corrected chi connectivity index (χ0v) is 31.7. The lowest BCUT2D eigenvalue weighted by Crippen LogP contribution is -1.92. The van der Waals surface area contributed by atoms with Gasteiger partial charge in [-0.25, -0.2) is 26.3 Å². The molecule has 0 saturated heterocycles. The van der Waals surface area contributed by atoms with E-state index in [4.69, 9.17) is 8.83 Å². The van der Waals surface area contributed by atoms with Gasteiger partial charge in [0.25, 0.3) is 0 Å². The standard InChI is InChI=1S/C50H24F6N4O2/c51-37-19-31(20-38(52)45(37)55)27-9-13-57-41(23-27)29-5-7-43-35(17-29)47-49(61-43)33(11-15-59-47)25-1-2-26(4-3-25)34-12-16-60-48-36-18-30(6-8-44(36)62-50(34)48)42-24-28(10-14-58-42)32-21-39(53)46(56)40(54)22-32/h1-24H. The highest BCUT2D eigenvalue weighted by molar-refractivity contribution is 6.10. The number of halogens is 6. The first-order chi connectivity index (χ1) is 30.2. The lowest BCUT2D eigenvalue weighted by atomic mass is 9.99. The molecule has 5 aromatic carbocycles. The molecule has 0 N–H and O–H groups in total. The number of hydrogen-bond donors (Lipinski definition) is 0. The van der Waals surface area contributed by atoms with Crippen LogP contribution in [0.2, 0.25) is 0 Å². The van der Waals surface area contributed by atoms with Gasteiger partial charge >= 0.3 is 0 Å². The Morgan fingerprint density at radius 1 is 0.323 bits per heavy atom. The molecule has 12 heteroatoms. The highest BCUT2D eigenvalue weighted by atomic mass is 19.2. The molecule has 6 nitrogen and oxygen atoms in total. The van der Waals surface area contributed by atoms with Crippen LogP contribution in [0.4, 0.5) is 26.3 Å². The predicted octanol–water partition coefficient (Wildman–Crippen LogP) is 13.9. The monoisotopic (exact) mass is 826 g/mol. The molecule has 0 unspecified atom stereocenters. The molecule has 0 aliphatic heterocycles. The first kappa shape index (κ1) is 36.9. The van der Waals surface area contributed by atoms with Gasteiger partial charge in [-0.1, -0.05) is 24.3 Å². The van der Waals surface area contributed by atoms with Crippen LogP contribution in [0.25, 0.3) is 111 Å². The van der Waals surface area contributed by atoms with Crippen molar-refractivity contribution in [2.75, 3.05) is 0 Å². The summed E-state index contributed by atoms with van der Waals surface area (Å²) in [7, 11) is 0. The molecule has 0 fully saturated rings. The van der Waals surface area contributed by atoms with Crippen LogP contribution in [-0.2, 0) is 0 Å². The van der Waals surface area contributed by atoms with Gasteiger partial charge in [-0.3, -0.25) is 19.9 Å². The maximum Gasteiger partial charge on any atom is 0.194 e. The van der Waals surface area contributed by atoms with Gasteiger partial charge in [0, 0.05) is 57.8 Å². The number of furan rings is 2. The second-order valence-corrected chi connectivity index (χ2v) is 14.6. The van der Waals surface area contributed by atoms with Crippen molar-refractivity contribution in [3.8, 4) is 67.0 Å². The Morgan fingerprint density at radius 2 is 0.694 bits per heavy atom. The molecular formula is C50H24F6N4O2. The number of fused-ring (bicyclic) bond motifs is 6. The second-order valence-electron chi connectivity index (χ2n) is 14.6. The van der Waals surface area contributed by atoms with Crippen LogP contribution in [0, 0.1) is 34.9 Å². The summed E-state index contributed by atoms with van der Waals surface area (Å²) in [5.74, 6) is -8.14. The van der Waals surface area contributed by atoms with Crippen LogP contribution in [0.1, 0.15) is 0 Å². The van der Waals surface area contributed by atoms with E-state index in [1.54, 1.807) is 36.7 Å². The number of aromatic nitrogens is 4. The smallest absolute Gasteiger partial charge is 0.194 e. The van der Waals surface area contributed by atoms with Crippen LogP contribution < -0.4 is 0 Å². The summed E-state index contributed by atoms with van der Waals surface area (Å²) in [4.78, 5) is 18.3. The maximum atomic E-state index is 14.0. The van der Waals surface area contributed by atoms with Crippen LogP contribution in [-0.4, -0.2) is 19.9 Å². The summed E-state index contributed by atoms with van der Waals surface area (Å²) in [6.45, 7) is 0. The molecule has 0 aliphatic carbocycles. The molecule has 0 bridgehead atoms. The van der Waals surface area contributed by atoms with Crippen molar-refractivity contribution in [1.29, 1.82) is 0 Å².